The number of hydrogen-bond donors (Lipinski definition) is 1. The Balaban J connectivity index is 1.82. The highest BCUT2D eigenvalue weighted by molar-refractivity contribution is 4.82. The van der Waals surface area contributed by atoms with Gasteiger partial charge in [0, 0.05) is 20.2 Å². The molecule has 4 unspecified atom stereocenters. The highest BCUT2D eigenvalue weighted by Gasteiger charge is 2.30. The standard InChI is InChI=1S/C14H27NO2/c1-11-5-6-14(16)12(8-11)9-15-7-3-4-13(10-15)17-2/h11-14,16H,3-10H2,1-2H3. The van der Waals surface area contributed by atoms with Crippen LogP contribution in [0, 0.1) is 11.8 Å². The van der Waals surface area contributed by atoms with Crippen molar-refractivity contribution in [3.05, 3.63) is 0 Å². The molecular weight excluding hydrogens is 214 g/mol. The van der Waals surface area contributed by atoms with Gasteiger partial charge in [0.25, 0.3) is 0 Å². The Morgan fingerprint density at radius 1 is 1.29 bits per heavy atom. The number of aliphatic hydroxyl groups excluding tert-OH is 1. The lowest BCUT2D eigenvalue weighted by Crippen LogP contribution is -2.45. The molecule has 0 radical (unpaired) electrons. The van der Waals surface area contributed by atoms with Crippen LogP contribution in [0.3, 0.4) is 0 Å². The fourth-order valence-electron chi connectivity index (χ4n) is 3.38. The molecule has 1 aliphatic carbocycles. The first-order valence-electron chi connectivity index (χ1n) is 7.12. The molecule has 1 N–H and O–H groups in total. The normalized spacial score (nSPS) is 40.4. The van der Waals surface area contributed by atoms with Gasteiger partial charge in [-0.05, 0) is 50.5 Å². The second-order valence-electron chi connectivity index (χ2n) is 6.01. The van der Waals surface area contributed by atoms with Crippen LogP contribution in [0.25, 0.3) is 0 Å². The van der Waals surface area contributed by atoms with E-state index < -0.39 is 0 Å². The summed E-state index contributed by atoms with van der Waals surface area (Å²) in [7, 11) is 1.81. The molecule has 1 aliphatic heterocycles. The summed E-state index contributed by atoms with van der Waals surface area (Å²) in [5.74, 6) is 1.26. The fourth-order valence-corrected chi connectivity index (χ4v) is 3.38. The zero-order valence-corrected chi connectivity index (χ0v) is 11.3. The molecule has 2 aliphatic rings. The summed E-state index contributed by atoms with van der Waals surface area (Å²) in [6.07, 6.45) is 6.13. The molecule has 1 saturated carbocycles. The highest BCUT2D eigenvalue weighted by atomic mass is 16.5. The topological polar surface area (TPSA) is 32.7 Å². The number of hydrogen-bond acceptors (Lipinski definition) is 3. The van der Waals surface area contributed by atoms with Crippen LogP contribution in [0.2, 0.25) is 0 Å². The van der Waals surface area contributed by atoms with E-state index in [2.05, 4.69) is 11.8 Å². The third-order valence-electron chi connectivity index (χ3n) is 4.49. The summed E-state index contributed by atoms with van der Waals surface area (Å²) in [5, 5.41) is 10.1. The van der Waals surface area contributed by atoms with Crippen LogP contribution in [0.15, 0.2) is 0 Å². The highest BCUT2D eigenvalue weighted by Crippen LogP contribution is 2.30. The van der Waals surface area contributed by atoms with E-state index in [0.717, 1.165) is 25.4 Å². The second kappa shape index (κ2) is 6.17. The quantitative estimate of drug-likeness (QED) is 0.819. The maximum Gasteiger partial charge on any atom is 0.0698 e. The van der Waals surface area contributed by atoms with Crippen LogP contribution in [0.1, 0.15) is 39.0 Å². The Hall–Kier alpha value is -0.120. The van der Waals surface area contributed by atoms with Crippen molar-refractivity contribution < 1.29 is 9.84 Å². The lowest BCUT2D eigenvalue weighted by Gasteiger charge is -2.38. The molecule has 17 heavy (non-hydrogen) atoms. The van der Waals surface area contributed by atoms with E-state index in [1.165, 1.54) is 32.2 Å². The second-order valence-corrected chi connectivity index (χ2v) is 6.01. The van der Waals surface area contributed by atoms with Gasteiger partial charge in [0.15, 0.2) is 0 Å². The third-order valence-corrected chi connectivity index (χ3v) is 4.49. The van der Waals surface area contributed by atoms with Gasteiger partial charge in [-0.1, -0.05) is 6.92 Å². The average Bonchev–Trinajstić information content (AvgIpc) is 2.34. The maximum absolute atomic E-state index is 10.1. The fraction of sp³-hybridized carbons (Fsp3) is 1.00. The van der Waals surface area contributed by atoms with Crippen molar-refractivity contribution >= 4 is 0 Å². The van der Waals surface area contributed by atoms with E-state index in [9.17, 15) is 5.11 Å². The van der Waals surface area contributed by atoms with Crippen molar-refractivity contribution in [1.82, 2.24) is 4.90 Å². The smallest absolute Gasteiger partial charge is 0.0698 e. The minimum atomic E-state index is -0.0749. The summed E-state index contributed by atoms with van der Waals surface area (Å²) < 4.78 is 5.45. The van der Waals surface area contributed by atoms with Crippen LogP contribution in [-0.2, 0) is 4.74 Å². The van der Waals surface area contributed by atoms with E-state index >= 15 is 0 Å². The number of likely N-dealkylation sites (tertiary alicyclic amines) is 1. The van der Waals surface area contributed by atoms with Gasteiger partial charge < -0.3 is 14.7 Å². The largest absolute Gasteiger partial charge is 0.393 e. The number of nitrogens with zero attached hydrogens (tertiary/aromatic N) is 1. The minimum absolute atomic E-state index is 0.0749. The van der Waals surface area contributed by atoms with Crippen molar-refractivity contribution in [3.63, 3.8) is 0 Å². The van der Waals surface area contributed by atoms with Crippen LogP contribution in [0.4, 0.5) is 0 Å². The van der Waals surface area contributed by atoms with Crippen molar-refractivity contribution in [2.45, 2.75) is 51.2 Å². The van der Waals surface area contributed by atoms with Gasteiger partial charge in [-0.25, -0.2) is 0 Å². The van der Waals surface area contributed by atoms with Crippen molar-refractivity contribution in [3.8, 4) is 0 Å². The Kier molecular flexibility index (Phi) is 4.83. The molecule has 4 atom stereocenters. The molecule has 2 fully saturated rings. The van der Waals surface area contributed by atoms with Gasteiger partial charge >= 0.3 is 0 Å². The zero-order chi connectivity index (χ0) is 12.3. The number of rotatable bonds is 3. The Morgan fingerprint density at radius 3 is 2.88 bits per heavy atom. The van der Waals surface area contributed by atoms with Crippen molar-refractivity contribution in [2.75, 3.05) is 26.7 Å². The summed E-state index contributed by atoms with van der Waals surface area (Å²) in [5.41, 5.74) is 0. The van der Waals surface area contributed by atoms with Gasteiger partial charge in [0.05, 0.1) is 12.2 Å². The maximum atomic E-state index is 10.1. The predicted octanol–water partition coefficient (Wildman–Crippen LogP) is 1.89. The minimum Gasteiger partial charge on any atom is -0.393 e. The average molecular weight is 241 g/mol. The van der Waals surface area contributed by atoms with Crippen LogP contribution >= 0.6 is 0 Å². The monoisotopic (exact) mass is 241 g/mol. The molecule has 1 heterocycles. The van der Waals surface area contributed by atoms with E-state index in [0.29, 0.717) is 12.0 Å². The van der Waals surface area contributed by atoms with Crippen LogP contribution in [-0.4, -0.2) is 49.0 Å². The predicted molar refractivity (Wildman–Crippen MR) is 69.0 cm³/mol. The van der Waals surface area contributed by atoms with Gasteiger partial charge in [-0.3, -0.25) is 0 Å². The lowest BCUT2D eigenvalue weighted by molar-refractivity contribution is -0.00534. The molecule has 0 bridgehead atoms. The van der Waals surface area contributed by atoms with Gasteiger partial charge in [-0.15, -0.1) is 0 Å². The van der Waals surface area contributed by atoms with Crippen molar-refractivity contribution in [1.29, 1.82) is 0 Å². The van der Waals surface area contributed by atoms with E-state index in [4.69, 9.17) is 4.74 Å². The van der Waals surface area contributed by atoms with Crippen molar-refractivity contribution in [2.24, 2.45) is 11.8 Å². The first kappa shape index (κ1) is 13.3. The number of methoxy groups -OCH3 is 1. The van der Waals surface area contributed by atoms with Crippen LogP contribution < -0.4 is 0 Å². The summed E-state index contributed by atoms with van der Waals surface area (Å²) in [4.78, 5) is 2.49. The Bertz CT molecular complexity index is 234. The first-order chi connectivity index (χ1) is 8.19. The van der Waals surface area contributed by atoms with E-state index in [1.54, 1.807) is 0 Å². The molecule has 0 spiro atoms. The summed E-state index contributed by atoms with van der Waals surface area (Å²) in [6, 6.07) is 0. The van der Waals surface area contributed by atoms with Crippen LogP contribution in [0.5, 0.6) is 0 Å². The molecule has 0 aromatic heterocycles. The SMILES string of the molecule is COC1CCCN(CC2CC(C)CCC2O)C1. The Labute approximate surface area is 105 Å². The Morgan fingerprint density at radius 2 is 2.12 bits per heavy atom. The number of ether oxygens (including phenoxy) is 1. The molecule has 0 aromatic carbocycles. The molecule has 3 heteroatoms. The third kappa shape index (κ3) is 3.67. The molecule has 3 nitrogen and oxygen atoms in total. The lowest BCUT2D eigenvalue weighted by atomic mass is 9.80. The molecule has 0 aromatic rings. The molecule has 0 amide bonds. The molecule has 2 rings (SSSR count). The van der Waals surface area contributed by atoms with Gasteiger partial charge in [0.2, 0.25) is 0 Å². The zero-order valence-electron chi connectivity index (χ0n) is 11.3. The number of piperidine rings is 1. The van der Waals surface area contributed by atoms with E-state index in [1.807, 2.05) is 7.11 Å². The molecular formula is C14H27NO2. The van der Waals surface area contributed by atoms with E-state index in [-0.39, 0.29) is 6.10 Å². The first-order valence-corrected chi connectivity index (χ1v) is 7.12. The number of aliphatic hydroxyl groups is 1. The summed E-state index contributed by atoms with van der Waals surface area (Å²) in [6.45, 7) is 5.60. The molecule has 1 saturated heterocycles. The van der Waals surface area contributed by atoms with Gasteiger partial charge in [-0.2, -0.15) is 0 Å². The van der Waals surface area contributed by atoms with Gasteiger partial charge in [0.1, 0.15) is 0 Å². The molecule has 100 valence electrons. The summed E-state index contributed by atoms with van der Waals surface area (Å²) >= 11 is 0.